The van der Waals surface area contributed by atoms with Crippen LogP contribution in [0, 0.1) is 5.92 Å². The molecule has 1 aromatic heterocycles. The van der Waals surface area contributed by atoms with Gasteiger partial charge in [-0.1, -0.05) is 13.8 Å². The van der Waals surface area contributed by atoms with Gasteiger partial charge in [0.1, 0.15) is 11.6 Å². The van der Waals surface area contributed by atoms with E-state index in [1.54, 1.807) is 0 Å². The quantitative estimate of drug-likeness (QED) is 0.738. The molecule has 0 amide bonds. The van der Waals surface area contributed by atoms with Crippen LogP contribution in [0.2, 0.25) is 0 Å². The molecule has 0 aliphatic heterocycles. The second kappa shape index (κ2) is 4.37. The third kappa shape index (κ3) is 2.52. The first-order chi connectivity index (χ1) is 6.15. The standard InChI is InChI=1S/C9H18N4/c1-7(2)6-9-12-11-8(4-5-10)13(9)3/h7H,4-6,10H2,1-3H3. The summed E-state index contributed by atoms with van der Waals surface area (Å²) in [5.41, 5.74) is 5.46. The van der Waals surface area contributed by atoms with Crippen molar-refractivity contribution in [3.63, 3.8) is 0 Å². The van der Waals surface area contributed by atoms with Crippen LogP contribution in [-0.2, 0) is 19.9 Å². The zero-order valence-corrected chi connectivity index (χ0v) is 8.62. The minimum Gasteiger partial charge on any atom is -0.330 e. The lowest BCUT2D eigenvalue weighted by Gasteiger charge is -2.04. The van der Waals surface area contributed by atoms with Gasteiger partial charge in [-0.3, -0.25) is 0 Å². The molecule has 1 rings (SSSR count). The molecule has 0 aliphatic carbocycles. The highest BCUT2D eigenvalue weighted by molar-refractivity contribution is 4.96. The summed E-state index contributed by atoms with van der Waals surface area (Å²) in [4.78, 5) is 0. The van der Waals surface area contributed by atoms with E-state index in [1.807, 2.05) is 11.6 Å². The molecule has 0 atom stereocenters. The molecule has 0 saturated carbocycles. The van der Waals surface area contributed by atoms with Gasteiger partial charge in [0.05, 0.1) is 0 Å². The van der Waals surface area contributed by atoms with Crippen LogP contribution in [0.5, 0.6) is 0 Å². The first-order valence-corrected chi connectivity index (χ1v) is 4.72. The molecule has 74 valence electrons. The van der Waals surface area contributed by atoms with Crippen molar-refractivity contribution in [3.05, 3.63) is 11.6 Å². The van der Waals surface area contributed by atoms with Gasteiger partial charge in [-0.25, -0.2) is 0 Å². The van der Waals surface area contributed by atoms with Gasteiger partial charge in [0.2, 0.25) is 0 Å². The van der Waals surface area contributed by atoms with Gasteiger partial charge < -0.3 is 10.3 Å². The molecule has 0 saturated heterocycles. The van der Waals surface area contributed by atoms with E-state index in [0.29, 0.717) is 12.5 Å². The third-order valence-corrected chi connectivity index (χ3v) is 2.01. The second-order valence-corrected chi connectivity index (χ2v) is 3.73. The van der Waals surface area contributed by atoms with Crippen molar-refractivity contribution in [3.8, 4) is 0 Å². The average molecular weight is 182 g/mol. The van der Waals surface area contributed by atoms with E-state index in [4.69, 9.17) is 5.73 Å². The lowest BCUT2D eigenvalue weighted by molar-refractivity contribution is 0.596. The Morgan fingerprint density at radius 2 is 1.92 bits per heavy atom. The topological polar surface area (TPSA) is 56.7 Å². The SMILES string of the molecule is CC(C)Cc1nnc(CCN)n1C. The Morgan fingerprint density at radius 1 is 1.31 bits per heavy atom. The molecule has 1 aromatic rings. The van der Waals surface area contributed by atoms with Crippen LogP contribution in [0.15, 0.2) is 0 Å². The summed E-state index contributed by atoms with van der Waals surface area (Å²) >= 11 is 0. The van der Waals surface area contributed by atoms with Crippen molar-refractivity contribution in [2.24, 2.45) is 18.7 Å². The Kier molecular flexibility index (Phi) is 3.42. The van der Waals surface area contributed by atoms with E-state index in [1.165, 1.54) is 0 Å². The van der Waals surface area contributed by atoms with Crippen LogP contribution in [0.25, 0.3) is 0 Å². The fourth-order valence-electron chi connectivity index (χ4n) is 1.29. The van der Waals surface area contributed by atoms with Crippen LogP contribution < -0.4 is 5.73 Å². The largest absolute Gasteiger partial charge is 0.330 e. The van der Waals surface area contributed by atoms with Crippen LogP contribution in [0.1, 0.15) is 25.5 Å². The predicted octanol–water partition coefficient (Wildman–Crippen LogP) is 0.515. The van der Waals surface area contributed by atoms with Crippen molar-refractivity contribution in [2.75, 3.05) is 6.54 Å². The molecule has 0 unspecified atom stereocenters. The summed E-state index contributed by atoms with van der Waals surface area (Å²) in [6.45, 7) is 4.99. The lowest BCUT2D eigenvalue weighted by atomic mass is 10.1. The van der Waals surface area contributed by atoms with Crippen molar-refractivity contribution >= 4 is 0 Å². The minimum absolute atomic E-state index is 0.619. The average Bonchev–Trinajstić information content (AvgIpc) is 2.36. The number of aromatic nitrogens is 3. The molecule has 13 heavy (non-hydrogen) atoms. The molecule has 2 N–H and O–H groups in total. The third-order valence-electron chi connectivity index (χ3n) is 2.01. The zero-order valence-electron chi connectivity index (χ0n) is 8.62. The van der Waals surface area contributed by atoms with Crippen molar-refractivity contribution in [2.45, 2.75) is 26.7 Å². The molecule has 1 heterocycles. The van der Waals surface area contributed by atoms with Gasteiger partial charge in [-0.15, -0.1) is 10.2 Å². The monoisotopic (exact) mass is 182 g/mol. The summed E-state index contributed by atoms with van der Waals surface area (Å²) in [5.74, 6) is 2.66. The minimum atomic E-state index is 0.619. The molecule has 0 bridgehead atoms. The molecule has 0 aliphatic rings. The highest BCUT2D eigenvalue weighted by Gasteiger charge is 2.08. The first-order valence-electron chi connectivity index (χ1n) is 4.72. The fraction of sp³-hybridized carbons (Fsp3) is 0.778. The maximum Gasteiger partial charge on any atom is 0.134 e. The number of hydrogen-bond acceptors (Lipinski definition) is 3. The smallest absolute Gasteiger partial charge is 0.134 e. The molecular formula is C9H18N4. The molecule has 4 nitrogen and oxygen atoms in total. The first kappa shape index (κ1) is 10.2. The Labute approximate surface area is 79.2 Å². The maximum absolute atomic E-state index is 5.46. The highest BCUT2D eigenvalue weighted by atomic mass is 15.3. The fourth-order valence-corrected chi connectivity index (χ4v) is 1.29. The van der Waals surface area contributed by atoms with E-state index in [9.17, 15) is 0 Å². The summed E-state index contributed by atoms with van der Waals surface area (Å²) in [7, 11) is 2.00. The van der Waals surface area contributed by atoms with Gasteiger partial charge in [-0.2, -0.15) is 0 Å². The van der Waals surface area contributed by atoms with Crippen LogP contribution >= 0.6 is 0 Å². The normalized spacial score (nSPS) is 11.2. The van der Waals surface area contributed by atoms with Gasteiger partial charge in [0.25, 0.3) is 0 Å². The molecule has 0 spiro atoms. The molecular weight excluding hydrogens is 164 g/mol. The van der Waals surface area contributed by atoms with E-state index in [0.717, 1.165) is 24.5 Å². The predicted molar refractivity (Wildman–Crippen MR) is 52.3 cm³/mol. The second-order valence-electron chi connectivity index (χ2n) is 3.73. The van der Waals surface area contributed by atoms with Gasteiger partial charge in [0, 0.05) is 19.9 Å². The van der Waals surface area contributed by atoms with E-state index in [-0.39, 0.29) is 0 Å². The number of rotatable bonds is 4. The summed E-state index contributed by atoms with van der Waals surface area (Å²) in [6.07, 6.45) is 1.79. The van der Waals surface area contributed by atoms with Gasteiger partial charge in [0.15, 0.2) is 0 Å². The van der Waals surface area contributed by atoms with Crippen molar-refractivity contribution in [1.29, 1.82) is 0 Å². The van der Waals surface area contributed by atoms with Crippen LogP contribution in [0.3, 0.4) is 0 Å². The number of nitrogens with two attached hydrogens (primary N) is 1. The highest BCUT2D eigenvalue weighted by Crippen LogP contribution is 2.06. The summed E-state index contributed by atoms with van der Waals surface area (Å²) in [5, 5.41) is 8.22. The zero-order chi connectivity index (χ0) is 9.84. The molecule has 0 aromatic carbocycles. The van der Waals surface area contributed by atoms with Crippen molar-refractivity contribution in [1.82, 2.24) is 14.8 Å². The van der Waals surface area contributed by atoms with Gasteiger partial charge >= 0.3 is 0 Å². The molecule has 0 radical (unpaired) electrons. The molecule has 0 fully saturated rings. The lowest BCUT2D eigenvalue weighted by Crippen LogP contribution is -2.10. The summed E-state index contributed by atoms with van der Waals surface area (Å²) in [6, 6.07) is 0. The van der Waals surface area contributed by atoms with Crippen molar-refractivity contribution < 1.29 is 0 Å². The van der Waals surface area contributed by atoms with Crippen LogP contribution in [-0.4, -0.2) is 21.3 Å². The Balaban J connectivity index is 2.74. The maximum atomic E-state index is 5.46. The van der Waals surface area contributed by atoms with E-state index < -0.39 is 0 Å². The van der Waals surface area contributed by atoms with Gasteiger partial charge in [-0.05, 0) is 12.5 Å². The Hall–Kier alpha value is -0.900. The van der Waals surface area contributed by atoms with Crippen LogP contribution in [0.4, 0.5) is 0 Å². The number of hydrogen-bond donors (Lipinski definition) is 1. The van der Waals surface area contributed by atoms with E-state index in [2.05, 4.69) is 24.0 Å². The number of nitrogens with zero attached hydrogens (tertiary/aromatic N) is 3. The summed E-state index contributed by atoms with van der Waals surface area (Å²) < 4.78 is 2.05. The van der Waals surface area contributed by atoms with E-state index >= 15 is 0 Å². The Bertz CT molecular complexity index is 265. The Morgan fingerprint density at radius 3 is 2.46 bits per heavy atom. The molecule has 4 heteroatoms.